The molecule has 0 saturated heterocycles. The predicted octanol–water partition coefficient (Wildman–Crippen LogP) is 2.65. The van der Waals surface area contributed by atoms with E-state index in [0.717, 1.165) is 16.5 Å². The van der Waals surface area contributed by atoms with E-state index < -0.39 is 0 Å². The van der Waals surface area contributed by atoms with E-state index in [1.807, 2.05) is 18.2 Å². The Morgan fingerprint density at radius 3 is 2.64 bits per heavy atom. The van der Waals surface area contributed by atoms with Gasteiger partial charge < -0.3 is 14.5 Å². The van der Waals surface area contributed by atoms with E-state index in [1.54, 1.807) is 19.9 Å². The van der Waals surface area contributed by atoms with Crippen LogP contribution in [-0.2, 0) is 14.3 Å². The first-order valence-electron chi connectivity index (χ1n) is 7.08. The average molecular weight is 299 g/mol. The zero-order valence-electron chi connectivity index (χ0n) is 12.6. The number of benzene rings is 1. The van der Waals surface area contributed by atoms with Crippen molar-refractivity contribution >= 4 is 22.8 Å². The number of hydrogen-bond donors (Lipinski definition) is 1. The van der Waals surface area contributed by atoms with Crippen molar-refractivity contribution in [2.45, 2.75) is 20.3 Å². The number of aromatic amines is 1. The lowest BCUT2D eigenvalue weighted by Crippen LogP contribution is -2.04. The number of carbonyl (C=O) groups is 2. The van der Waals surface area contributed by atoms with Crippen molar-refractivity contribution in [2.24, 2.45) is 0 Å². The van der Waals surface area contributed by atoms with Crippen molar-refractivity contribution in [3.63, 3.8) is 0 Å². The number of nitrogens with one attached hydrogen (secondary N) is 1. The van der Waals surface area contributed by atoms with E-state index in [2.05, 4.69) is 16.8 Å². The van der Waals surface area contributed by atoms with Crippen LogP contribution in [0.1, 0.15) is 36.3 Å². The smallest absolute Gasteiger partial charge is 0.354 e. The zero-order chi connectivity index (χ0) is 15.9. The van der Waals surface area contributed by atoms with Gasteiger partial charge in [0.25, 0.3) is 0 Å². The first kappa shape index (κ1) is 15.6. The number of esters is 2. The van der Waals surface area contributed by atoms with Crippen LogP contribution in [0.25, 0.3) is 10.9 Å². The van der Waals surface area contributed by atoms with Crippen molar-refractivity contribution in [3.05, 3.63) is 35.5 Å². The largest absolute Gasteiger partial charge is 0.465 e. The summed E-state index contributed by atoms with van der Waals surface area (Å²) in [5.41, 5.74) is 1.97. The Balaban J connectivity index is 2.15. The van der Waals surface area contributed by atoms with Gasteiger partial charge in [-0.05, 0) is 32.0 Å². The lowest BCUT2D eigenvalue weighted by atomic mass is 10.1. The monoisotopic (exact) mass is 299 g/mol. The van der Waals surface area contributed by atoms with E-state index >= 15 is 0 Å². The molecule has 5 heteroatoms. The maximum Gasteiger partial charge on any atom is 0.354 e. The van der Waals surface area contributed by atoms with Crippen LogP contribution in [0.2, 0.25) is 0 Å². The van der Waals surface area contributed by atoms with Gasteiger partial charge in [0.1, 0.15) is 12.1 Å². The molecule has 22 heavy (non-hydrogen) atoms. The number of carbonyl (C=O) groups excluding carboxylic acids is 2. The van der Waals surface area contributed by atoms with Gasteiger partial charge in [0.05, 0.1) is 13.2 Å². The fraction of sp³-hybridized carbons (Fsp3) is 0.294. The molecule has 0 atom stereocenters. The molecule has 1 aromatic heterocycles. The van der Waals surface area contributed by atoms with E-state index in [9.17, 15) is 9.59 Å². The molecule has 0 bridgehead atoms. The summed E-state index contributed by atoms with van der Waals surface area (Å²) in [6, 6.07) is 7.27. The molecule has 0 radical (unpaired) electrons. The van der Waals surface area contributed by atoms with E-state index in [0.29, 0.717) is 18.9 Å². The van der Waals surface area contributed by atoms with Crippen LogP contribution >= 0.6 is 0 Å². The van der Waals surface area contributed by atoms with E-state index in [-0.39, 0.29) is 18.4 Å². The summed E-state index contributed by atoms with van der Waals surface area (Å²) in [6.45, 7) is 4.20. The van der Waals surface area contributed by atoms with E-state index in [1.165, 1.54) is 0 Å². The van der Waals surface area contributed by atoms with Gasteiger partial charge in [-0.15, -0.1) is 0 Å². The summed E-state index contributed by atoms with van der Waals surface area (Å²) < 4.78 is 9.76. The first-order valence-corrected chi connectivity index (χ1v) is 7.08. The van der Waals surface area contributed by atoms with Gasteiger partial charge in [-0.3, -0.25) is 4.79 Å². The van der Waals surface area contributed by atoms with Crippen molar-refractivity contribution < 1.29 is 19.1 Å². The molecule has 2 aromatic rings. The molecule has 5 nitrogen and oxygen atoms in total. The van der Waals surface area contributed by atoms with Crippen LogP contribution in [0.5, 0.6) is 0 Å². The third kappa shape index (κ3) is 3.89. The summed E-state index contributed by atoms with van der Waals surface area (Å²) in [4.78, 5) is 25.9. The van der Waals surface area contributed by atoms with Crippen LogP contribution in [0.4, 0.5) is 0 Å². The highest BCUT2D eigenvalue weighted by molar-refractivity contribution is 5.95. The molecular formula is C17H17NO4. The minimum absolute atomic E-state index is 0.0602. The lowest BCUT2D eigenvalue weighted by molar-refractivity contribution is -0.141. The lowest BCUT2D eigenvalue weighted by Gasteiger charge is -1.96. The molecule has 0 aliphatic carbocycles. The predicted molar refractivity (Wildman–Crippen MR) is 82.4 cm³/mol. The molecular weight excluding hydrogens is 282 g/mol. The second kappa shape index (κ2) is 7.32. The number of aromatic nitrogens is 1. The van der Waals surface area contributed by atoms with Crippen LogP contribution < -0.4 is 0 Å². The molecule has 1 heterocycles. The minimum atomic E-state index is -0.381. The summed E-state index contributed by atoms with van der Waals surface area (Å²) in [7, 11) is 0. The molecule has 0 fully saturated rings. The fourth-order valence-corrected chi connectivity index (χ4v) is 1.95. The Morgan fingerprint density at radius 2 is 1.91 bits per heavy atom. The molecule has 1 N–H and O–H groups in total. The number of H-pyrrole nitrogens is 1. The summed E-state index contributed by atoms with van der Waals surface area (Å²) in [5.74, 6) is 4.96. The van der Waals surface area contributed by atoms with Crippen LogP contribution in [0.15, 0.2) is 24.3 Å². The molecule has 2 rings (SSSR count). The number of hydrogen-bond acceptors (Lipinski definition) is 4. The molecule has 0 unspecified atom stereocenters. The Kier molecular flexibility index (Phi) is 5.21. The van der Waals surface area contributed by atoms with Gasteiger partial charge in [-0.25, -0.2) is 4.79 Å². The maximum absolute atomic E-state index is 11.7. The quantitative estimate of drug-likeness (QED) is 0.696. The van der Waals surface area contributed by atoms with Crippen molar-refractivity contribution in [3.8, 4) is 11.8 Å². The highest BCUT2D eigenvalue weighted by atomic mass is 16.5. The SMILES string of the molecule is CCOC(=O)CC#Cc1ccc2cc(C(=O)OCC)[nH]c2c1. The minimum Gasteiger partial charge on any atom is -0.465 e. The Morgan fingerprint density at radius 1 is 1.14 bits per heavy atom. The van der Waals surface area contributed by atoms with Gasteiger partial charge in [0.2, 0.25) is 0 Å². The van der Waals surface area contributed by atoms with Crippen LogP contribution in [-0.4, -0.2) is 30.1 Å². The highest BCUT2D eigenvalue weighted by Gasteiger charge is 2.10. The molecule has 0 amide bonds. The molecule has 0 aliphatic heterocycles. The third-order valence-electron chi connectivity index (χ3n) is 2.89. The molecule has 0 aliphatic rings. The average Bonchev–Trinajstić information content (AvgIpc) is 2.91. The molecule has 0 spiro atoms. The zero-order valence-corrected chi connectivity index (χ0v) is 12.6. The second-order valence-corrected chi connectivity index (χ2v) is 4.49. The number of fused-ring (bicyclic) bond motifs is 1. The van der Waals surface area contributed by atoms with Gasteiger partial charge >= 0.3 is 11.9 Å². The topological polar surface area (TPSA) is 68.4 Å². The Bertz CT molecular complexity index is 749. The number of ether oxygens (including phenoxy) is 2. The summed E-state index contributed by atoms with van der Waals surface area (Å²) >= 11 is 0. The van der Waals surface area contributed by atoms with E-state index in [4.69, 9.17) is 9.47 Å². The standard InChI is InChI=1S/C17H17NO4/c1-3-21-16(19)7-5-6-12-8-9-13-11-15(17(20)22-4-2)18-14(13)10-12/h8-11,18H,3-4,7H2,1-2H3. The van der Waals surface area contributed by atoms with Gasteiger partial charge in [0.15, 0.2) is 0 Å². The van der Waals surface area contributed by atoms with Crippen molar-refractivity contribution in [2.75, 3.05) is 13.2 Å². The molecule has 114 valence electrons. The van der Waals surface area contributed by atoms with Gasteiger partial charge in [-0.2, -0.15) is 0 Å². The van der Waals surface area contributed by atoms with Gasteiger partial charge in [-0.1, -0.05) is 17.9 Å². The van der Waals surface area contributed by atoms with Gasteiger partial charge in [0, 0.05) is 16.5 Å². The fourth-order valence-electron chi connectivity index (χ4n) is 1.95. The first-order chi connectivity index (χ1) is 10.6. The number of rotatable bonds is 4. The van der Waals surface area contributed by atoms with Crippen LogP contribution in [0, 0.1) is 11.8 Å². The Labute approximate surface area is 128 Å². The van der Waals surface area contributed by atoms with Crippen LogP contribution in [0.3, 0.4) is 0 Å². The van der Waals surface area contributed by atoms with Crippen molar-refractivity contribution in [1.82, 2.24) is 4.98 Å². The molecule has 1 aromatic carbocycles. The summed E-state index contributed by atoms with van der Waals surface area (Å²) in [5, 5.41) is 0.902. The maximum atomic E-state index is 11.7. The highest BCUT2D eigenvalue weighted by Crippen LogP contribution is 2.17. The summed E-state index contributed by atoms with van der Waals surface area (Å²) in [6.07, 6.45) is 0.0602. The normalized spacial score (nSPS) is 9.91. The Hall–Kier alpha value is -2.74. The molecule has 0 saturated carbocycles. The third-order valence-corrected chi connectivity index (χ3v) is 2.89. The van der Waals surface area contributed by atoms with Crippen molar-refractivity contribution in [1.29, 1.82) is 0 Å². The second-order valence-electron chi connectivity index (χ2n) is 4.49.